The zero-order valence-electron chi connectivity index (χ0n) is 17.2. The lowest BCUT2D eigenvalue weighted by molar-refractivity contribution is 0.0696. The van der Waals surface area contributed by atoms with Crippen LogP contribution in [0.1, 0.15) is 27.0 Å². The van der Waals surface area contributed by atoms with E-state index in [0.717, 1.165) is 0 Å². The molecule has 7 N–H and O–H groups in total. The highest BCUT2D eigenvalue weighted by Crippen LogP contribution is 2.43. The Kier molecular flexibility index (Phi) is 5.06. The Labute approximate surface area is 179 Å². The molecule has 8 nitrogen and oxygen atoms in total. The lowest BCUT2D eigenvalue weighted by Crippen LogP contribution is -2.70. The van der Waals surface area contributed by atoms with E-state index in [-0.39, 0.29) is 5.56 Å². The fourth-order valence-corrected chi connectivity index (χ4v) is 4.02. The van der Waals surface area contributed by atoms with E-state index >= 15 is 0 Å². The van der Waals surface area contributed by atoms with E-state index in [9.17, 15) is 9.90 Å². The van der Waals surface area contributed by atoms with Crippen LogP contribution in [0.15, 0.2) is 66.7 Å². The van der Waals surface area contributed by atoms with Gasteiger partial charge < -0.3 is 25.6 Å². The number of nitrogens with two attached hydrogens (primary N) is 2. The lowest BCUT2D eigenvalue weighted by atomic mass is 9.84. The number of anilines is 1. The summed E-state index contributed by atoms with van der Waals surface area (Å²) in [5, 5.41) is 16.1. The zero-order chi connectivity index (χ0) is 22.2. The second-order valence-corrected chi connectivity index (χ2v) is 7.33. The van der Waals surface area contributed by atoms with Gasteiger partial charge in [0.2, 0.25) is 0 Å². The first-order valence-electron chi connectivity index (χ1n) is 9.62. The quantitative estimate of drug-likeness (QED) is 0.425. The van der Waals surface area contributed by atoms with Crippen LogP contribution >= 0.6 is 0 Å². The van der Waals surface area contributed by atoms with E-state index in [0.29, 0.717) is 33.9 Å². The van der Waals surface area contributed by atoms with Gasteiger partial charge in [-0.15, -0.1) is 0 Å². The van der Waals surface area contributed by atoms with Crippen molar-refractivity contribution in [1.82, 2.24) is 5.32 Å². The number of fused-ring (bicyclic) bond motifs is 1. The number of nitrogens with one attached hydrogen (secondary N) is 2. The number of carbonyl (C=O) groups is 1. The Morgan fingerprint density at radius 2 is 1.45 bits per heavy atom. The molecule has 0 fully saturated rings. The fraction of sp³-hybridized carbons (Fsp3) is 0.174. The third-order valence-electron chi connectivity index (χ3n) is 5.48. The van der Waals surface area contributed by atoms with Gasteiger partial charge in [-0.1, -0.05) is 36.4 Å². The molecule has 31 heavy (non-hydrogen) atoms. The van der Waals surface area contributed by atoms with Gasteiger partial charge in [-0.25, -0.2) is 4.79 Å². The summed E-state index contributed by atoms with van der Waals surface area (Å²) < 4.78 is 11.1. The summed E-state index contributed by atoms with van der Waals surface area (Å²) >= 11 is 0. The minimum atomic E-state index is -1.38. The van der Waals surface area contributed by atoms with Gasteiger partial charge in [0.15, 0.2) is 5.79 Å². The molecular formula is C23H24N4O4. The molecule has 3 aromatic rings. The summed E-state index contributed by atoms with van der Waals surface area (Å²) in [4.78, 5) is 11.6. The summed E-state index contributed by atoms with van der Waals surface area (Å²) in [5.41, 5.74) is 14.9. The number of benzene rings is 3. The van der Waals surface area contributed by atoms with Crippen LogP contribution in [0.4, 0.5) is 5.69 Å². The third-order valence-corrected chi connectivity index (χ3v) is 5.48. The summed E-state index contributed by atoms with van der Waals surface area (Å²) in [5.74, 6) is -1.29. The van der Waals surface area contributed by atoms with E-state index < -0.39 is 17.4 Å². The number of methoxy groups -OCH3 is 2. The van der Waals surface area contributed by atoms with Crippen molar-refractivity contribution in [1.29, 1.82) is 0 Å². The van der Waals surface area contributed by atoms with Gasteiger partial charge in [-0.05, 0) is 30.3 Å². The highest BCUT2D eigenvalue weighted by atomic mass is 16.5. The van der Waals surface area contributed by atoms with Gasteiger partial charge >= 0.3 is 5.97 Å². The molecule has 0 aliphatic carbocycles. The van der Waals surface area contributed by atoms with Crippen molar-refractivity contribution >= 4 is 11.7 Å². The first-order chi connectivity index (χ1) is 14.8. The fourth-order valence-electron chi connectivity index (χ4n) is 4.02. The molecule has 0 bridgehead atoms. The molecular weight excluding hydrogens is 396 g/mol. The number of aromatic carboxylic acids is 1. The van der Waals surface area contributed by atoms with Crippen molar-refractivity contribution in [2.45, 2.75) is 11.4 Å². The Balaban J connectivity index is 1.98. The van der Waals surface area contributed by atoms with Crippen LogP contribution < -0.4 is 31.6 Å². The topological polar surface area (TPSA) is 132 Å². The molecule has 0 amide bonds. The molecule has 0 aromatic heterocycles. The van der Waals surface area contributed by atoms with E-state index in [2.05, 4.69) is 10.6 Å². The first kappa shape index (κ1) is 20.7. The number of ether oxygens (including phenoxy) is 2. The standard InChI is InChI=1S/C23H24N4O4/c1-30-19-9-5-3-7-15(19)22(24)17-13-14(21(28)29)11-12-18(17)26-23(25,27-22)16-8-4-6-10-20(16)31-2/h3-13,26-27H,24-25H2,1-2H3,(H,28,29). The molecule has 1 heterocycles. The molecule has 0 radical (unpaired) electrons. The van der Waals surface area contributed by atoms with Gasteiger partial charge in [0.1, 0.15) is 17.2 Å². The summed E-state index contributed by atoms with van der Waals surface area (Å²) in [6.45, 7) is 0. The SMILES string of the molecule is COc1ccccc1C1(N)Nc2ccc(C(=O)O)cc2C(N)(c2ccccc2OC)N1. The van der Waals surface area contributed by atoms with Crippen LogP contribution in [0.25, 0.3) is 0 Å². The Hall–Kier alpha value is -3.59. The second-order valence-electron chi connectivity index (χ2n) is 7.33. The summed E-state index contributed by atoms with van der Waals surface area (Å²) in [6.07, 6.45) is 0. The van der Waals surface area contributed by atoms with Crippen LogP contribution in [-0.2, 0) is 11.4 Å². The molecule has 2 atom stereocenters. The molecule has 8 heteroatoms. The van der Waals surface area contributed by atoms with Crippen LogP contribution in [0.3, 0.4) is 0 Å². The molecule has 0 saturated heterocycles. The smallest absolute Gasteiger partial charge is 0.335 e. The van der Waals surface area contributed by atoms with Crippen LogP contribution in [-0.4, -0.2) is 25.3 Å². The molecule has 4 rings (SSSR count). The largest absolute Gasteiger partial charge is 0.496 e. The van der Waals surface area contributed by atoms with E-state index in [1.807, 2.05) is 36.4 Å². The maximum Gasteiger partial charge on any atom is 0.335 e. The average Bonchev–Trinajstić information content (AvgIpc) is 2.78. The highest BCUT2D eigenvalue weighted by Gasteiger charge is 2.47. The number of hydrogen-bond donors (Lipinski definition) is 5. The molecule has 3 aromatic carbocycles. The van der Waals surface area contributed by atoms with E-state index in [1.165, 1.54) is 12.1 Å². The monoisotopic (exact) mass is 420 g/mol. The van der Waals surface area contributed by atoms with Crippen LogP contribution in [0.2, 0.25) is 0 Å². The van der Waals surface area contributed by atoms with E-state index in [4.69, 9.17) is 20.9 Å². The Bertz CT molecular complexity index is 1150. The maximum atomic E-state index is 11.6. The minimum Gasteiger partial charge on any atom is -0.496 e. The Morgan fingerprint density at radius 3 is 2.06 bits per heavy atom. The molecule has 2 unspecified atom stereocenters. The van der Waals surface area contributed by atoms with E-state index in [1.54, 1.807) is 32.4 Å². The second kappa shape index (κ2) is 7.59. The van der Waals surface area contributed by atoms with Crippen molar-refractivity contribution in [3.05, 3.63) is 89.0 Å². The number of para-hydroxylation sites is 2. The predicted molar refractivity (Wildman–Crippen MR) is 117 cm³/mol. The van der Waals surface area contributed by atoms with Crippen LogP contribution in [0, 0.1) is 0 Å². The van der Waals surface area contributed by atoms with Crippen molar-refractivity contribution < 1.29 is 19.4 Å². The van der Waals surface area contributed by atoms with Crippen molar-refractivity contribution in [3.63, 3.8) is 0 Å². The molecule has 1 aliphatic heterocycles. The number of rotatable bonds is 5. The molecule has 0 spiro atoms. The minimum absolute atomic E-state index is 0.105. The third kappa shape index (κ3) is 3.36. The van der Waals surface area contributed by atoms with Gasteiger partial charge in [-0.2, -0.15) is 0 Å². The first-order valence-corrected chi connectivity index (χ1v) is 9.62. The van der Waals surface area contributed by atoms with Crippen molar-refractivity contribution in [2.75, 3.05) is 19.5 Å². The summed E-state index contributed by atoms with van der Waals surface area (Å²) in [6, 6.07) is 19.3. The molecule has 0 saturated carbocycles. The van der Waals surface area contributed by atoms with Crippen molar-refractivity contribution in [3.8, 4) is 11.5 Å². The maximum absolute atomic E-state index is 11.6. The number of hydrogen-bond acceptors (Lipinski definition) is 7. The average molecular weight is 420 g/mol. The van der Waals surface area contributed by atoms with Gasteiger partial charge in [0, 0.05) is 22.4 Å². The zero-order valence-corrected chi connectivity index (χ0v) is 17.2. The number of carboxylic acids is 1. The van der Waals surface area contributed by atoms with Crippen LogP contribution in [0.5, 0.6) is 11.5 Å². The normalized spacial score (nSPS) is 22.2. The van der Waals surface area contributed by atoms with Gasteiger partial charge in [0.05, 0.1) is 19.8 Å². The summed E-state index contributed by atoms with van der Waals surface area (Å²) in [7, 11) is 3.11. The number of carboxylic acid groups (broad SMARTS) is 1. The predicted octanol–water partition coefficient (Wildman–Crippen LogP) is 2.35. The molecule has 1 aliphatic rings. The van der Waals surface area contributed by atoms with Gasteiger partial charge in [0.25, 0.3) is 0 Å². The van der Waals surface area contributed by atoms with Gasteiger partial charge in [-0.3, -0.25) is 11.1 Å². The molecule has 160 valence electrons. The Morgan fingerprint density at radius 1 is 0.871 bits per heavy atom. The lowest BCUT2D eigenvalue weighted by Gasteiger charge is -2.48. The highest BCUT2D eigenvalue weighted by molar-refractivity contribution is 5.89. The van der Waals surface area contributed by atoms with Crippen molar-refractivity contribution in [2.24, 2.45) is 11.5 Å².